The van der Waals surface area contributed by atoms with Crippen LogP contribution in [0.25, 0.3) is 0 Å². The van der Waals surface area contributed by atoms with E-state index in [4.69, 9.17) is 0 Å². The third kappa shape index (κ3) is 3.34. The molecule has 114 valence electrons. The van der Waals surface area contributed by atoms with E-state index in [1.807, 2.05) is 6.92 Å². The molecule has 1 aromatic carbocycles. The zero-order chi connectivity index (χ0) is 15.6. The minimum Gasteiger partial charge on any atom is -0.373 e. The number of amides is 2. The van der Waals surface area contributed by atoms with Gasteiger partial charge in [-0.25, -0.2) is 0 Å². The molecule has 1 aromatic rings. The standard InChI is InChI=1S/C14H15F3N2O2/c1-2-7-19-12(20)8-11(13(19)21)18-10-5-3-9(4-6-10)14(15,16)17/h3-6,11,18H,2,7-8H2,1H3. The number of carbonyl (C=O) groups excluding carboxylic acids is 2. The van der Waals surface area contributed by atoms with Crippen molar-refractivity contribution < 1.29 is 22.8 Å². The SMILES string of the molecule is CCCN1C(=O)CC(Nc2ccc(C(F)(F)F)cc2)C1=O. The zero-order valence-corrected chi connectivity index (χ0v) is 11.4. The van der Waals surface area contributed by atoms with Crippen molar-refractivity contribution in [3.63, 3.8) is 0 Å². The van der Waals surface area contributed by atoms with Crippen molar-refractivity contribution in [3.8, 4) is 0 Å². The Morgan fingerprint density at radius 3 is 2.38 bits per heavy atom. The van der Waals surface area contributed by atoms with E-state index in [-0.39, 0.29) is 18.2 Å². The molecular formula is C14H15F3N2O2. The van der Waals surface area contributed by atoms with E-state index >= 15 is 0 Å². The quantitative estimate of drug-likeness (QED) is 0.870. The topological polar surface area (TPSA) is 49.4 Å². The van der Waals surface area contributed by atoms with Gasteiger partial charge in [0.25, 0.3) is 5.91 Å². The highest BCUT2D eigenvalue weighted by molar-refractivity contribution is 6.06. The highest BCUT2D eigenvalue weighted by Crippen LogP contribution is 2.30. The van der Waals surface area contributed by atoms with Crippen LogP contribution in [0.3, 0.4) is 0 Å². The summed E-state index contributed by atoms with van der Waals surface area (Å²) in [7, 11) is 0. The first-order valence-electron chi connectivity index (χ1n) is 6.61. The molecule has 1 aliphatic rings. The van der Waals surface area contributed by atoms with E-state index in [0.717, 1.165) is 12.1 Å². The van der Waals surface area contributed by atoms with Crippen LogP contribution in [0.1, 0.15) is 25.3 Å². The van der Waals surface area contributed by atoms with Crippen LogP contribution in [0.5, 0.6) is 0 Å². The predicted octanol–water partition coefficient (Wildman–Crippen LogP) is 2.65. The van der Waals surface area contributed by atoms with Crippen LogP contribution in [-0.4, -0.2) is 29.3 Å². The van der Waals surface area contributed by atoms with E-state index in [1.54, 1.807) is 0 Å². The molecule has 0 saturated carbocycles. The van der Waals surface area contributed by atoms with Crippen molar-refractivity contribution in [2.24, 2.45) is 0 Å². The van der Waals surface area contributed by atoms with Crippen LogP contribution in [0.2, 0.25) is 0 Å². The van der Waals surface area contributed by atoms with E-state index in [0.29, 0.717) is 18.7 Å². The van der Waals surface area contributed by atoms with E-state index in [9.17, 15) is 22.8 Å². The summed E-state index contributed by atoms with van der Waals surface area (Å²) < 4.78 is 37.3. The first-order chi connectivity index (χ1) is 9.82. The van der Waals surface area contributed by atoms with Gasteiger partial charge in [-0.3, -0.25) is 14.5 Å². The molecule has 0 aliphatic carbocycles. The molecule has 2 amide bonds. The zero-order valence-electron chi connectivity index (χ0n) is 11.4. The first-order valence-corrected chi connectivity index (χ1v) is 6.61. The Labute approximate surface area is 119 Å². The maximum Gasteiger partial charge on any atom is 0.416 e. The number of hydrogen-bond acceptors (Lipinski definition) is 3. The van der Waals surface area contributed by atoms with Gasteiger partial charge in [-0.05, 0) is 30.7 Å². The summed E-state index contributed by atoms with van der Waals surface area (Å²) >= 11 is 0. The molecule has 4 nitrogen and oxygen atoms in total. The van der Waals surface area contributed by atoms with Crippen LogP contribution < -0.4 is 5.32 Å². The molecule has 0 aromatic heterocycles. The van der Waals surface area contributed by atoms with Gasteiger partial charge in [0.05, 0.1) is 12.0 Å². The normalized spacial score (nSPS) is 19.2. The third-order valence-electron chi connectivity index (χ3n) is 3.24. The van der Waals surface area contributed by atoms with E-state index < -0.39 is 17.8 Å². The Bertz CT molecular complexity index is 540. The van der Waals surface area contributed by atoms with Gasteiger partial charge in [-0.2, -0.15) is 13.2 Å². The Hall–Kier alpha value is -2.05. The number of halogens is 3. The smallest absolute Gasteiger partial charge is 0.373 e. The fourth-order valence-electron chi connectivity index (χ4n) is 2.21. The maximum atomic E-state index is 12.4. The lowest BCUT2D eigenvalue weighted by atomic mass is 10.1. The second kappa shape index (κ2) is 5.75. The van der Waals surface area contributed by atoms with Gasteiger partial charge in [0.1, 0.15) is 6.04 Å². The van der Waals surface area contributed by atoms with Crippen molar-refractivity contribution in [1.82, 2.24) is 4.90 Å². The molecule has 0 radical (unpaired) electrons. The number of hydrogen-bond donors (Lipinski definition) is 1. The Balaban J connectivity index is 2.06. The van der Waals surface area contributed by atoms with Crippen molar-refractivity contribution in [1.29, 1.82) is 0 Å². The first kappa shape index (κ1) is 15.3. The van der Waals surface area contributed by atoms with Gasteiger partial charge in [-0.1, -0.05) is 6.92 Å². The van der Waals surface area contributed by atoms with Gasteiger partial charge in [0.2, 0.25) is 5.91 Å². The van der Waals surface area contributed by atoms with Gasteiger partial charge >= 0.3 is 6.18 Å². The summed E-state index contributed by atoms with van der Waals surface area (Å²) in [6, 6.07) is 3.67. The number of benzene rings is 1. The van der Waals surface area contributed by atoms with E-state index in [2.05, 4.69) is 5.32 Å². The lowest BCUT2D eigenvalue weighted by Crippen LogP contribution is -2.35. The molecule has 1 aliphatic heterocycles. The summed E-state index contributed by atoms with van der Waals surface area (Å²) in [6.45, 7) is 2.22. The second-order valence-electron chi connectivity index (χ2n) is 4.86. The number of nitrogens with zero attached hydrogens (tertiary/aromatic N) is 1. The fraction of sp³-hybridized carbons (Fsp3) is 0.429. The number of carbonyl (C=O) groups is 2. The number of alkyl halides is 3. The summed E-state index contributed by atoms with van der Waals surface area (Å²) in [4.78, 5) is 24.9. The molecule has 1 atom stereocenters. The number of anilines is 1. The Morgan fingerprint density at radius 2 is 1.86 bits per heavy atom. The number of rotatable bonds is 4. The number of nitrogens with one attached hydrogen (secondary N) is 1. The van der Waals surface area contributed by atoms with Crippen LogP contribution in [0, 0.1) is 0 Å². The average Bonchev–Trinajstić information content (AvgIpc) is 2.66. The number of likely N-dealkylation sites (tertiary alicyclic amines) is 1. The molecule has 21 heavy (non-hydrogen) atoms. The molecule has 1 heterocycles. The molecule has 1 N–H and O–H groups in total. The van der Waals surface area contributed by atoms with Gasteiger partial charge in [-0.15, -0.1) is 0 Å². The molecule has 7 heteroatoms. The van der Waals surface area contributed by atoms with Crippen LogP contribution in [0.15, 0.2) is 24.3 Å². The monoisotopic (exact) mass is 300 g/mol. The summed E-state index contributed by atoms with van der Waals surface area (Å²) in [5, 5.41) is 2.81. The third-order valence-corrected chi connectivity index (χ3v) is 3.24. The van der Waals surface area contributed by atoms with Crippen molar-refractivity contribution in [2.75, 3.05) is 11.9 Å². The van der Waals surface area contributed by atoms with Gasteiger partial charge < -0.3 is 5.32 Å². The van der Waals surface area contributed by atoms with Crippen molar-refractivity contribution in [2.45, 2.75) is 32.0 Å². The second-order valence-corrected chi connectivity index (χ2v) is 4.86. The lowest BCUT2D eigenvalue weighted by Gasteiger charge is -2.15. The lowest BCUT2D eigenvalue weighted by molar-refractivity contribution is -0.139. The fourth-order valence-corrected chi connectivity index (χ4v) is 2.21. The Kier molecular flexibility index (Phi) is 4.20. The van der Waals surface area contributed by atoms with Crippen molar-refractivity contribution >= 4 is 17.5 Å². The number of imide groups is 1. The highest BCUT2D eigenvalue weighted by Gasteiger charge is 2.38. The highest BCUT2D eigenvalue weighted by atomic mass is 19.4. The molecule has 1 unspecified atom stereocenters. The predicted molar refractivity (Wildman–Crippen MR) is 70.5 cm³/mol. The summed E-state index contributed by atoms with van der Waals surface area (Å²) in [6.07, 6.45) is -3.69. The largest absolute Gasteiger partial charge is 0.416 e. The molecule has 2 rings (SSSR count). The van der Waals surface area contributed by atoms with Gasteiger partial charge in [0.15, 0.2) is 0 Å². The minimum absolute atomic E-state index is 0.0276. The molecule has 0 spiro atoms. The van der Waals surface area contributed by atoms with Crippen LogP contribution in [0.4, 0.5) is 18.9 Å². The van der Waals surface area contributed by atoms with Crippen LogP contribution in [-0.2, 0) is 15.8 Å². The van der Waals surface area contributed by atoms with Crippen LogP contribution >= 0.6 is 0 Å². The molecule has 0 bridgehead atoms. The minimum atomic E-state index is -4.39. The molecular weight excluding hydrogens is 285 g/mol. The maximum absolute atomic E-state index is 12.4. The Morgan fingerprint density at radius 1 is 1.24 bits per heavy atom. The van der Waals surface area contributed by atoms with Gasteiger partial charge in [0, 0.05) is 12.2 Å². The van der Waals surface area contributed by atoms with E-state index in [1.165, 1.54) is 17.0 Å². The average molecular weight is 300 g/mol. The van der Waals surface area contributed by atoms with Crippen molar-refractivity contribution in [3.05, 3.63) is 29.8 Å². The molecule has 1 saturated heterocycles. The molecule has 1 fully saturated rings. The summed E-state index contributed by atoms with van der Waals surface area (Å²) in [5.74, 6) is -0.590. The summed E-state index contributed by atoms with van der Waals surface area (Å²) in [5.41, 5.74) is -0.373.